The molecule has 0 aliphatic rings. The fourth-order valence-electron chi connectivity index (χ4n) is 2.22. The van der Waals surface area contributed by atoms with Crippen LogP contribution in [0, 0.1) is 0 Å². The minimum absolute atomic E-state index is 0. The Morgan fingerprint density at radius 1 is 0.893 bits per heavy atom. The van der Waals surface area contributed by atoms with E-state index in [1.54, 1.807) is 19.2 Å². The van der Waals surface area contributed by atoms with E-state index in [0.29, 0.717) is 38.5 Å². The average Bonchev–Trinajstić information content (AvgIpc) is 2.71. The molecule has 0 atom stereocenters. The number of ether oxygens (including phenoxy) is 2. The van der Waals surface area contributed by atoms with Crippen LogP contribution in [0.2, 0.25) is 0 Å². The first-order chi connectivity index (χ1) is 13.3. The Balaban J connectivity index is 0.00000729. The smallest absolute Gasteiger partial charge is 0.251 e. The van der Waals surface area contributed by atoms with Crippen molar-refractivity contribution in [2.45, 2.75) is 26.2 Å². The lowest BCUT2D eigenvalue weighted by molar-refractivity contribution is 0.0487. The lowest BCUT2D eigenvalue weighted by Crippen LogP contribution is -2.40. The SMILES string of the molecule is CCCCOCCOCCNC(=NC)NCCCNC(=O)c1ccccc1.I. The van der Waals surface area contributed by atoms with Crippen molar-refractivity contribution in [3.63, 3.8) is 0 Å². The van der Waals surface area contributed by atoms with Gasteiger partial charge in [0.05, 0.1) is 19.8 Å². The summed E-state index contributed by atoms with van der Waals surface area (Å²) < 4.78 is 10.9. The van der Waals surface area contributed by atoms with Crippen LogP contribution in [0.15, 0.2) is 35.3 Å². The van der Waals surface area contributed by atoms with E-state index in [1.165, 1.54) is 0 Å². The predicted molar refractivity (Wildman–Crippen MR) is 125 cm³/mol. The van der Waals surface area contributed by atoms with Gasteiger partial charge in [0.15, 0.2) is 5.96 Å². The molecule has 0 fully saturated rings. The summed E-state index contributed by atoms with van der Waals surface area (Å²) in [6.45, 7) is 6.82. The molecule has 0 saturated heterocycles. The molecule has 0 aliphatic carbocycles. The van der Waals surface area contributed by atoms with E-state index < -0.39 is 0 Å². The first kappa shape index (κ1) is 26.6. The van der Waals surface area contributed by atoms with Gasteiger partial charge in [0, 0.05) is 38.9 Å². The number of hydrogen-bond donors (Lipinski definition) is 3. The molecule has 1 aromatic carbocycles. The summed E-state index contributed by atoms with van der Waals surface area (Å²) in [5.74, 6) is 0.682. The number of nitrogens with zero attached hydrogens (tertiary/aromatic N) is 1. The molecule has 1 rings (SSSR count). The van der Waals surface area contributed by atoms with Crippen LogP contribution in [-0.2, 0) is 9.47 Å². The van der Waals surface area contributed by atoms with E-state index in [4.69, 9.17) is 9.47 Å². The summed E-state index contributed by atoms with van der Waals surface area (Å²) in [5.41, 5.74) is 0.679. The van der Waals surface area contributed by atoms with Crippen LogP contribution < -0.4 is 16.0 Å². The molecular formula is C20H35IN4O3. The van der Waals surface area contributed by atoms with Crippen LogP contribution >= 0.6 is 24.0 Å². The Bertz CT molecular complexity index is 529. The third-order valence-corrected chi connectivity index (χ3v) is 3.74. The van der Waals surface area contributed by atoms with E-state index >= 15 is 0 Å². The zero-order chi connectivity index (χ0) is 19.6. The van der Waals surface area contributed by atoms with Gasteiger partial charge in [-0.05, 0) is 25.0 Å². The van der Waals surface area contributed by atoms with Crippen molar-refractivity contribution in [3.05, 3.63) is 35.9 Å². The molecule has 0 aromatic heterocycles. The summed E-state index contributed by atoms with van der Waals surface area (Å²) in [6, 6.07) is 9.22. The average molecular weight is 506 g/mol. The first-order valence-corrected chi connectivity index (χ1v) is 9.71. The van der Waals surface area contributed by atoms with Crippen LogP contribution in [-0.4, -0.2) is 65.0 Å². The molecule has 7 nitrogen and oxygen atoms in total. The van der Waals surface area contributed by atoms with Crippen molar-refractivity contribution in [2.75, 3.05) is 53.1 Å². The Morgan fingerprint density at radius 3 is 2.21 bits per heavy atom. The number of hydrogen-bond acceptors (Lipinski definition) is 4. The summed E-state index contributed by atoms with van der Waals surface area (Å²) in [7, 11) is 1.73. The van der Waals surface area contributed by atoms with Crippen LogP contribution in [0.4, 0.5) is 0 Å². The van der Waals surface area contributed by atoms with E-state index in [9.17, 15) is 4.79 Å². The largest absolute Gasteiger partial charge is 0.379 e. The van der Waals surface area contributed by atoms with Gasteiger partial charge in [-0.25, -0.2) is 0 Å². The molecule has 160 valence electrons. The molecule has 8 heteroatoms. The molecule has 0 unspecified atom stereocenters. The molecule has 0 radical (unpaired) electrons. The highest BCUT2D eigenvalue weighted by molar-refractivity contribution is 14.0. The highest BCUT2D eigenvalue weighted by Gasteiger charge is 2.03. The number of benzene rings is 1. The quantitative estimate of drug-likeness (QED) is 0.156. The van der Waals surface area contributed by atoms with Crippen molar-refractivity contribution in [1.29, 1.82) is 0 Å². The maximum Gasteiger partial charge on any atom is 0.251 e. The molecule has 1 amide bonds. The van der Waals surface area contributed by atoms with E-state index in [-0.39, 0.29) is 29.9 Å². The topological polar surface area (TPSA) is 84.0 Å². The summed E-state index contributed by atoms with van der Waals surface area (Å²) in [6.07, 6.45) is 3.06. The molecule has 3 N–H and O–H groups in total. The Morgan fingerprint density at radius 2 is 1.54 bits per heavy atom. The number of carbonyl (C=O) groups is 1. The van der Waals surface area contributed by atoms with Gasteiger partial charge in [-0.2, -0.15) is 0 Å². The first-order valence-electron chi connectivity index (χ1n) is 9.71. The predicted octanol–water partition coefficient (Wildman–Crippen LogP) is 2.42. The molecule has 0 heterocycles. The van der Waals surface area contributed by atoms with E-state index in [1.807, 2.05) is 18.2 Å². The Kier molecular flexibility index (Phi) is 18.0. The third-order valence-electron chi connectivity index (χ3n) is 3.74. The van der Waals surface area contributed by atoms with Gasteiger partial charge < -0.3 is 25.4 Å². The Hall–Kier alpha value is -1.39. The zero-order valence-corrected chi connectivity index (χ0v) is 19.4. The number of amides is 1. The molecule has 1 aromatic rings. The monoisotopic (exact) mass is 506 g/mol. The maximum atomic E-state index is 11.9. The van der Waals surface area contributed by atoms with E-state index in [2.05, 4.69) is 27.9 Å². The maximum absolute atomic E-state index is 11.9. The van der Waals surface area contributed by atoms with Crippen molar-refractivity contribution in [2.24, 2.45) is 4.99 Å². The molecule has 0 saturated carbocycles. The second-order valence-electron chi connectivity index (χ2n) is 5.98. The number of guanidine groups is 1. The van der Waals surface area contributed by atoms with Crippen LogP contribution in [0.5, 0.6) is 0 Å². The third kappa shape index (κ3) is 13.7. The fraction of sp³-hybridized carbons (Fsp3) is 0.600. The number of rotatable bonds is 14. The molecule has 28 heavy (non-hydrogen) atoms. The summed E-state index contributed by atoms with van der Waals surface area (Å²) in [4.78, 5) is 16.1. The fourth-order valence-corrected chi connectivity index (χ4v) is 2.22. The molecule has 0 spiro atoms. The highest BCUT2D eigenvalue weighted by Crippen LogP contribution is 1.97. The van der Waals surface area contributed by atoms with Crippen molar-refractivity contribution >= 4 is 35.8 Å². The van der Waals surface area contributed by atoms with Gasteiger partial charge in [0.1, 0.15) is 0 Å². The number of halogens is 1. The minimum atomic E-state index is -0.0473. The van der Waals surface area contributed by atoms with Crippen molar-refractivity contribution in [3.8, 4) is 0 Å². The van der Waals surface area contributed by atoms with E-state index in [0.717, 1.165) is 38.4 Å². The lowest BCUT2D eigenvalue weighted by atomic mass is 10.2. The Labute approximate surface area is 186 Å². The van der Waals surface area contributed by atoms with Crippen molar-refractivity contribution < 1.29 is 14.3 Å². The standard InChI is InChI=1S/C20H34N4O3.HI/c1-3-4-14-26-16-17-27-15-13-24-20(21-2)23-12-8-11-22-19(25)18-9-6-5-7-10-18;/h5-7,9-10H,3-4,8,11-17H2,1-2H3,(H,22,25)(H2,21,23,24);1H. The molecule has 0 aliphatic heterocycles. The molecule has 0 bridgehead atoms. The minimum Gasteiger partial charge on any atom is -0.379 e. The van der Waals surface area contributed by atoms with Gasteiger partial charge in [-0.15, -0.1) is 24.0 Å². The van der Waals surface area contributed by atoms with Crippen LogP contribution in [0.3, 0.4) is 0 Å². The van der Waals surface area contributed by atoms with Gasteiger partial charge in [0.25, 0.3) is 5.91 Å². The number of nitrogens with one attached hydrogen (secondary N) is 3. The van der Waals surface area contributed by atoms with Crippen LogP contribution in [0.1, 0.15) is 36.5 Å². The van der Waals surface area contributed by atoms with Gasteiger partial charge in [-0.1, -0.05) is 31.5 Å². The van der Waals surface area contributed by atoms with Gasteiger partial charge in [0.2, 0.25) is 0 Å². The van der Waals surface area contributed by atoms with Gasteiger partial charge >= 0.3 is 0 Å². The second-order valence-corrected chi connectivity index (χ2v) is 5.98. The normalized spacial score (nSPS) is 10.9. The summed E-state index contributed by atoms with van der Waals surface area (Å²) >= 11 is 0. The highest BCUT2D eigenvalue weighted by atomic mass is 127. The van der Waals surface area contributed by atoms with Crippen LogP contribution in [0.25, 0.3) is 0 Å². The lowest BCUT2D eigenvalue weighted by Gasteiger charge is -2.12. The number of aliphatic imine (C=N–C) groups is 1. The zero-order valence-electron chi connectivity index (χ0n) is 17.0. The summed E-state index contributed by atoms with van der Waals surface area (Å²) in [5, 5.41) is 9.31. The number of carbonyl (C=O) groups excluding carboxylic acids is 1. The van der Waals surface area contributed by atoms with Crippen molar-refractivity contribution in [1.82, 2.24) is 16.0 Å². The second kappa shape index (κ2) is 18.9. The number of unbranched alkanes of at least 4 members (excludes halogenated alkanes) is 1. The van der Waals surface area contributed by atoms with Gasteiger partial charge in [-0.3, -0.25) is 9.79 Å². The molecular weight excluding hydrogens is 471 g/mol.